The molecule has 1 aromatic carbocycles. The van der Waals surface area contributed by atoms with Crippen LogP contribution in [0.1, 0.15) is 35.3 Å². The highest BCUT2D eigenvalue weighted by molar-refractivity contribution is 5.98. The number of nitrogens with zero attached hydrogens (tertiary/aromatic N) is 3. The summed E-state index contributed by atoms with van der Waals surface area (Å²) in [5, 5.41) is 0. The van der Waals surface area contributed by atoms with Gasteiger partial charge in [0.1, 0.15) is 18.9 Å². The summed E-state index contributed by atoms with van der Waals surface area (Å²) < 4.78 is 37.8. The van der Waals surface area contributed by atoms with Gasteiger partial charge in [-0.2, -0.15) is 0 Å². The lowest BCUT2D eigenvalue weighted by atomic mass is 9.96. The van der Waals surface area contributed by atoms with Gasteiger partial charge in [-0.3, -0.25) is 14.2 Å². The number of hydrogen-bond acceptors (Lipinski definition) is 5. The van der Waals surface area contributed by atoms with E-state index in [0.717, 1.165) is 6.07 Å². The lowest BCUT2D eigenvalue weighted by Gasteiger charge is -2.33. The third kappa shape index (κ3) is 4.08. The van der Waals surface area contributed by atoms with Gasteiger partial charge in [0.2, 0.25) is 0 Å². The standard InChI is InChI=1S/C20H21F2N3O4/c21-19(22)15-10-17(26)25(12-23-15)11-13-4-6-24(7-5-13)20(27)14-2-1-3-16-18(14)29-9-8-28-16/h1-3,10,12-13,19H,4-9,11H2. The number of benzene rings is 1. The average Bonchev–Trinajstić information content (AvgIpc) is 2.74. The molecule has 1 amide bonds. The Morgan fingerprint density at radius 3 is 2.69 bits per heavy atom. The van der Waals surface area contributed by atoms with Crippen LogP contribution in [0.15, 0.2) is 35.4 Å². The lowest BCUT2D eigenvalue weighted by Crippen LogP contribution is -2.40. The van der Waals surface area contributed by atoms with Crippen molar-refractivity contribution in [1.82, 2.24) is 14.5 Å². The first kappa shape index (κ1) is 19.4. The molecule has 1 saturated heterocycles. The first-order valence-electron chi connectivity index (χ1n) is 9.55. The number of ether oxygens (including phenoxy) is 2. The van der Waals surface area contributed by atoms with Crippen LogP contribution in [0.3, 0.4) is 0 Å². The fourth-order valence-electron chi connectivity index (χ4n) is 3.71. The summed E-state index contributed by atoms with van der Waals surface area (Å²) in [5.74, 6) is 1.13. The number of alkyl halides is 2. The third-order valence-corrected chi connectivity index (χ3v) is 5.28. The fourth-order valence-corrected chi connectivity index (χ4v) is 3.71. The van der Waals surface area contributed by atoms with Gasteiger partial charge < -0.3 is 14.4 Å². The average molecular weight is 405 g/mol. The molecule has 0 bridgehead atoms. The van der Waals surface area contributed by atoms with Crippen LogP contribution in [0.5, 0.6) is 11.5 Å². The van der Waals surface area contributed by atoms with Gasteiger partial charge in [0, 0.05) is 25.7 Å². The maximum absolute atomic E-state index is 12.9. The number of para-hydroxylation sites is 1. The number of halogens is 2. The SMILES string of the molecule is O=C(c1cccc2c1OCCO2)N1CCC(Cn2cnc(C(F)F)cc2=O)CC1. The molecule has 0 aliphatic carbocycles. The van der Waals surface area contributed by atoms with E-state index in [-0.39, 0.29) is 11.8 Å². The number of aromatic nitrogens is 2. The second-order valence-electron chi connectivity index (χ2n) is 7.17. The summed E-state index contributed by atoms with van der Waals surface area (Å²) in [5.41, 5.74) is -0.505. The Labute approximate surface area is 165 Å². The van der Waals surface area contributed by atoms with Crippen LogP contribution in [-0.4, -0.2) is 46.7 Å². The topological polar surface area (TPSA) is 73.7 Å². The van der Waals surface area contributed by atoms with Crippen LogP contribution in [0.2, 0.25) is 0 Å². The third-order valence-electron chi connectivity index (χ3n) is 5.28. The molecule has 0 radical (unpaired) electrons. The lowest BCUT2D eigenvalue weighted by molar-refractivity contribution is 0.0672. The van der Waals surface area contributed by atoms with Crippen molar-refractivity contribution in [3.63, 3.8) is 0 Å². The molecular formula is C20H21F2N3O4. The number of likely N-dealkylation sites (tertiary alicyclic amines) is 1. The monoisotopic (exact) mass is 405 g/mol. The van der Waals surface area contributed by atoms with E-state index in [9.17, 15) is 18.4 Å². The molecule has 7 nitrogen and oxygen atoms in total. The van der Waals surface area contributed by atoms with E-state index in [1.54, 1.807) is 23.1 Å². The van der Waals surface area contributed by atoms with Crippen molar-refractivity contribution in [2.45, 2.75) is 25.8 Å². The van der Waals surface area contributed by atoms with E-state index < -0.39 is 17.7 Å². The highest BCUT2D eigenvalue weighted by Gasteiger charge is 2.28. The molecule has 2 aliphatic heterocycles. The summed E-state index contributed by atoms with van der Waals surface area (Å²) >= 11 is 0. The molecule has 0 N–H and O–H groups in total. The Kier molecular flexibility index (Phi) is 5.46. The molecule has 0 saturated carbocycles. The van der Waals surface area contributed by atoms with Gasteiger partial charge in [-0.05, 0) is 30.9 Å². The molecule has 0 unspecified atom stereocenters. The van der Waals surface area contributed by atoms with Crippen molar-refractivity contribution in [2.24, 2.45) is 5.92 Å². The van der Waals surface area contributed by atoms with E-state index in [4.69, 9.17) is 9.47 Å². The fraction of sp³-hybridized carbons (Fsp3) is 0.450. The molecular weight excluding hydrogens is 384 g/mol. The van der Waals surface area contributed by atoms with Crippen LogP contribution >= 0.6 is 0 Å². The quantitative estimate of drug-likeness (QED) is 0.782. The smallest absolute Gasteiger partial charge is 0.280 e. The molecule has 1 aromatic heterocycles. The molecule has 2 aromatic rings. The molecule has 9 heteroatoms. The van der Waals surface area contributed by atoms with E-state index in [0.29, 0.717) is 62.8 Å². The van der Waals surface area contributed by atoms with Gasteiger partial charge in [0.15, 0.2) is 11.5 Å². The number of carbonyl (C=O) groups excluding carboxylic acids is 1. The van der Waals surface area contributed by atoms with E-state index >= 15 is 0 Å². The Balaban J connectivity index is 1.39. The summed E-state index contributed by atoms with van der Waals surface area (Å²) in [6, 6.07) is 6.17. The Morgan fingerprint density at radius 2 is 1.97 bits per heavy atom. The van der Waals surface area contributed by atoms with Crippen molar-refractivity contribution in [1.29, 1.82) is 0 Å². The van der Waals surface area contributed by atoms with Gasteiger partial charge in [-0.25, -0.2) is 13.8 Å². The van der Waals surface area contributed by atoms with Gasteiger partial charge in [0.25, 0.3) is 17.9 Å². The van der Waals surface area contributed by atoms with Gasteiger partial charge >= 0.3 is 0 Å². The van der Waals surface area contributed by atoms with Crippen LogP contribution in [0, 0.1) is 5.92 Å². The number of rotatable bonds is 4. The minimum absolute atomic E-state index is 0.106. The number of carbonyl (C=O) groups is 1. The van der Waals surface area contributed by atoms with Gasteiger partial charge in [-0.15, -0.1) is 0 Å². The van der Waals surface area contributed by atoms with Crippen LogP contribution in [0.25, 0.3) is 0 Å². The van der Waals surface area contributed by atoms with Crippen LogP contribution < -0.4 is 15.0 Å². The van der Waals surface area contributed by atoms with Crippen molar-refractivity contribution in [3.05, 3.63) is 52.2 Å². The Bertz CT molecular complexity index is 955. The van der Waals surface area contributed by atoms with Gasteiger partial charge in [0.05, 0.1) is 11.9 Å². The van der Waals surface area contributed by atoms with Crippen molar-refractivity contribution in [2.75, 3.05) is 26.3 Å². The minimum atomic E-state index is -2.76. The predicted molar refractivity (Wildman–Crippen MR) is 99.5 cm³/mol. The number of fused-ring (bicyclic) bond motifs is 1. The zero-order valence-electron chi connectivity index (χ0n) is 15.7. The van der Waals surface area contributed by atoms with Crippen molar-refractivity contribution >= 4 is 5.91 Å². The molecule has 29 heavy (non-hydrogen) atoms. The van der Waals surface area contributed by atoms with E-state index in [2.05, 4.69) is 4.98 Å². The zero-order valence-corrected chi connectivity index (χ0v) is 15.7. The van der Waals surface area contributed by atoms with Crippen LogP contribution in [-0.2, 0) is 6.54 Å². The van der Waals surface area contributed by atoms with Crippen LogP contribution in [0.4, 0.5) is 8.78 Å². The molecule has 4 rings (SSSR count). The minimum Gasteiger partial charge on any atom is -0.486 e. The zero-order chi connectivity index (χ0) is 20.4. The normalized spacial score (nSPS) is 16.9. The molecule has 3 heterocycles. The maximum atomic E-state index is 12.9. The van der Waals surface area contributed by atoms with Crippen molar-refractivity contribution in [3.8, 4) is 11.5 Å². The summed E-state index contributed by atoms with van der Waals surface area (Å²) in [7, 11) is 0. The highest BCUT2D eigenvalue weighted by atomic mass is 19.3. The molecule has 154 valence electrons. The Hall–Kier alpha value is -2.97. The predicted octanol–water partition coefficient (Wildman–Crippen LogP) is 2.50. The molecule has 0 atom stereocenters. The molecule has 2 aliphatic rings. The molecule has 0 spiro atoms. The number of amides is 1. The number of hydrogen-bond donors (Lipinski definition) is 0. The van der Waals surface area contributed by atoms with E-state index in [1.807, 2.05) is 0 Å². The first-order chi connectivity index (χ1) is 14.0. The summed E-state index contributed by atoms with van der Waals surface area (Å²) in [6.45, 7) is 2.36. The maximum Gasteiger partial charge on any atom is 0.280 e. The highest BCUT2D eigenvalue weighted by Crippen LogP contribution is 2.35. The summed E-state index contributed by atoms with van der Waals surface area (Å²) in [6.07, 6.45) is -0.165. The second kappa shape index (κ2) is 8.18. The van der Waals surface area contributed by atoms with Crippen molar-refractivity contribution < 1.29 is 23.0 Å². The second-order valence-corrected chi connectivity index (χ2v) is 7.17. The van der Waals surface area contributed by atoms with E-state index in [1.165, 1.54) is 10.9 Å². The largest absolute Gasteiger partial charge is 0.486 e. The summed E-state index contributed by atoms with van der Waals surface area (Å²) in [4.78, 5) is 30.4. The van der Waals surface area contributed by atoms with Gasteiger partial charge in [-0.1, -0.05) is 6.07 Å². The Morgan fingerprint density at radius 1 is 1.21 bits per heavy atom. The first-order valence-corrected chi connectivity index (χ1v) is 9.55. The number of piperidine rings is 1. The molecule has 1 fully saturated rings.